The third-order valence-corrected chi connectivity index (χ3v) is 5.67. The molecule has 8 heteroatoms. The SMILES string of the molecule is COCCOC(=O)C1=C(C)NC2=C(C(=O)[C@H](C(=O)OC)[C@@H](C)C2)[C@@H]1c1cccc(F)c1. The molecular formula is C23H26FNO6. The van der Waals surface area contributed by atoms with Gasteiger partial charge in [0.2, 0.25) is 0 Å². The minimum Gasteiger partial charge on any atom is -0.468 e. The van der Waals surface area contributed by atoms with Gasteiger partial charge in [-0.1, -0.05) is 19.1 Å². The molecule has 2 aliphatic rings. The number of esters is 2. The highest BCUT2D eigenvalue weighted by Gasteiger charge is 2.47. The van der Waals surface area contributed by atoms with Crippen molar-refractivity contribution in [2.24, 2.45) is 11.8 Å². The maximum absolute atomic E-state index is 14.1. The van der Waals surface area contributed by atoms with Gasteiger partial charge in [-0.15, -0.1) is 0 Å². The smallest absolute Gasteiger partial charge is 0.336 e. The van der Waals surface area contributed by atoms with E-state index in [1.54, 1.807) is 19.9 Å². The monoisotopic (exact) mass is 431 g/mol. The van der Waals surface area contributed by atoms with Crippen molar-refractivity contribution in [1.82, 2.24) is 5.32 Å². The molecule has 0 bridgehead atoms. The van der Waals surface area contributed by atoms with Crippen molar-refractivity contribution in [2.75, 3.05) is 27.4 Å². The van der Waals surface area contributed by atoms with E-state index in [0.717, 1.165) is 0 Å². The van der Waals surface area contributed by atoms with Crippen molar-refractivity contribution < 1.29 is 33.0 Å². The highest BCUT2D eigenvalue weighted by molar-refractivity contribution is 6.12. The molecule has 1 aliphatic heterocycles. The van der Waals surface area contributed by atoms with Gasteiger partial charge in [-0.2, -0.15) is 0 Å². The fourth-order valence-electron chi connectivity index (χ4n) is 4.27. The van der Waals surface area contributed by atoms with E-state index in [-0.39, 0.29) is 30.3 Å². The summed E-state index contributed by atoms with van der Waals surface area (Å²) in [6, 6.07) is 5.74. The third kappa shape index (κ3) is 4.39. The minimum atomic E-state index is -0.995. The zero-order valence-corrected chi connectivity index (χ0v) is 18.0. The van der Waals surface area contributed by atoms with Crippen LogP contribution in [0.25, 0.3) is 0 Å². The quantitative estimate of drug-likeness (QED) is 0.421. The van der Waals surface area contributed by atoms with Crippen LogP contribution in [0.15, 0.2) is 46.8 Å². The molecule has 1 heterocycles. The van der Waals surface area contributed by atoms with E-state index in [9.17, 15) is 18.8 Å². The van der Waals surface area contributed by atoms with Crippen LogP contribution in [0.5, 0.6) is 0 Å². The summed E-state index contributed by atoms with van der Waals surface area (Å²) < 4.78 is 29.2. The summed E-state index contributed by atoms with van der Waals surface area (Å²) in [5, 5.41) is 3.15. The van der Waals surface area contributed by atoms with Crippen LogP contribution >= 0.6 is 0 Å². The van der Waals surface area contributed by atoms with E-state index in [2.05, 4.69) is 5.32 Å². The molecule has 1 aromatic carbocycles. The van der Waals surface area contributed by atoms with E-state index in [0.29, 0.717) is 23.4 Å². The molecular weight excluding hydrogens is 405 g/mol. The summed E-state index contributed by atoms with van der Waals surface area (Å²) in [7, 11) is 2.72. The lowest BCUT2D eigenvalue weighted by atomic mass is 9.69. The average molecular weight is 431 g/mol. The van der Waals surface area contributed by atoms with Crippen LogP contribution < -0.4 is 5.32 Å². The number of dihydropyridines is 1. The Balaban J connectivity index is 2.12. The molecule has 1 aliphatic carbocycles. The summed E-state index contributed by atoms with van der Waals surface area (Å²) in [6.45, 7) is 3.76. The largest absolute Gasteiger partial charge is 0.468 e. The molecule has 0 radical (unpaired) electrons. The summed E-state index contributed by atoms with van der Waals surface area (Å²) in [4.78, 5) is 38.8. The number of carbonyl (C=O) groups is 3. The Kier molecular flexibility index (Phi) is 6.90. The molecule has 3 rings (SSSR count). The van der Waals surface area contributed by atoms with E-state index in [4.69, 9.17) is 14.2 Å². The van der Waals surface area contributed by atoms with Gasteiger partial charge < -0.3 is 19.5 Å². The lowest BCUT2D eigenvalue weighted by molar-refractivity contribution is -0.151. The number of allylic oxidation sites excluding steroid dienone is 3. The Morgan fingerprint density at radius 1 is 1.23 bits per heavy atom. The first-order valence-corrected chi connectivity index (χ1v) is 10.0. The summed E-state index contributed by atoms with van der Waals surface area (Å²) in [6.07, 6.45) is 0.413. The van der Waals surface area contributed by atoms with Gasteiger partial charge in [-0.25, -0.2) is 9.18 Å². The minimum absolute atomic E-state index is 0.0314. The Bertz CT molecular complexity index is 967. The highest BCUT2D eigenvalue weighted by atomic mass is 19.1. The van der Waals surface area contributed by atoms with Crippen LogP contribution in [-0.2, 0) is 28.6 Å². The van der Waals surface area contributed by atoms with Crippen molar-refractivity contribution in [3.05, 3.63) is 58.2 Å². The Labute approximate surface area is 180 Å². The summed E-state index contributed by atoms with van der Waals surface area (Å²) >= 11 is 0. The van der Waals surface area contributed by atoms with E-state index in [1.807, 2.05) is 0 Å². The number of hydrogen-bond donors (Lipinski definition) is 1. The van der Waals surface area contributed by atoms with Crippen molar-refractivity contribution in [1.29, 1.82) is 0 Å². The molecule has 0 spiro atoms. The second-order valence-corrected chi connectivity index (χ2v) is 7.72. The molecule has 0 fully saturated rings. The van der Waals surface area contributed by atoms with Crippen LogP contribution in [0.4, 0.5) is 4.39 Å². The predicted octanol–water partition coefficient (Wildman–Crippen LogP) is 2.63. The van der Waals surface area contributed by atoms with E-state index in [1.165, 1.54) is 32.4 Å². The van der Waals surface area contributed by atoms with Gasteiger partial charge in [-0.05, 0) is 37.0 Å². The van der Waals surface area contributed by atoms with E-state index < -0.39 is 35.4 Å². The maximum Gasteiger partial charge on any atom is 0.336 e. The molecule has 1 aromatic rings. The number of carbonyl (C=O) groups excluding carboxylic acids is 3. The van der Waals surface area contributed by atoms with Crippen LogP contribution in [0.2, 0.25) is 0 Å². The van der Waals surface area contributed by atoms with Gasteiger partial charge in [0.1, 0.15) is 18.3 Å². The van der Waals surface area contributed by atoms with Gasteiger partial charge in [0.15, 0.2) is 5.78 Å². The number of halogens is 1. The zero-order chi connectivity index (χ0) is 22.7. The van der Waals surface area contributed by atoms with Gasteiger partial charge in [0, 0.05) is 30.0 Å². The number of methoxy groups -OCH3 is 2. The fourth-order valence-corrected chi connectivity index (χ4v) is 4.27. The number of benzene rings is 1. The third-order valence-electron chi connectivity index (χ3n) is 5.67. The normalized spacial score (nSPS) is 23.3. The number of rotatable bonds is 6. The zero-order valence-electron chi connectivity index (χ0n) is 18.0. The van der Waals surface area contributed by atoms with Crippen LogP contribution in [0.3, 0.4) is 0 Å². The molecule has 3 atom stereocenters. The number of Topliss-reactive ketones (excluding diaryl/α,β-unsaturated/α-hetero) is 1. The molecule has 1 N–H and O–H groups in total. The Morgan fingerprint density at radius 2 is 1.97 bits per heavy atom. The second kappa shape index (κ2) is 9.43. The summed E-state index contributed by atoms with van der Waals surface area (Å²) in [5.41, 5.74) is 2.04. The average Bonchev–Trinajstić information content (AvgIpc) is 2.72. The first-order valence-electron chi connectivity index (χ1n) is 10.0. The van der Waals surface area contributed by atoms with Crippen molar-refractivity contribution in [3.63, 3.8) is 0 Å². The van der Waals surface area contributed by atoms with Crippen molar-refractivity contribution in [2.45, 2.75) is 26.2 Å². The van der Waals surface area contributed by atoms with Gasteiger partial charge in [0.25, 0.3) is 0 Å². The lowest BCUT2D eigenvalue weighted by Gasteiger charge is -2.38. The highest BCUT2D eigenvalue weighted by Crippen LogP contribution is 2.45. The molecule has 166 valence electrons. The van der Waals surface area contributed by atoms with Crippen LogP contribution in [0.1, 0.15) is 31.7 Å². The van der Waals surface area contributed by atoms with Crippen molar-refractivity contribution >= 4 is 17.7 Å². The second-order valence-electron chi connectivity index (χ2n) is 7.72. The van der Waals surface area contributed by atoms with Gasteiger partial charge in [0.05, 0.1) is 19.3 Å². The topological polar surface area (TPSA) is 90.9 Å². The number of ketones is 1. The predicted molar refractivity (Wildman–Crippen MR) is 109 cm³/mol. The Hall–Kier alpha value is -3.00. The summed E-state index contributed by atoms with van der Waals surface area (Å²) in [5.74, 6) is -4.34. The number of ether oxygens (including phenoxy) is 3. The Morgan fingerprint density at radius 3 is 2.61 bits per heavy atom. The molecule has 0 saturated carbocycles. The molecule has 0 saturated heterocycles. The fraction of sp³-hybridized carbons (Fsp3) is 0.435. The first-order chi connectivity index (χ1) is 14.8. The van der Waals surface area contributed by atoms with Gasteiger partial charge >= 0.3 is 11.9 Å². The molecule has 7 nitrogen and oxygen atoms in total. The van der Waals surface area contributed by atoms with Crippen LogP contribution in [-0.4, -0.2) is 45.2 Å². The number of nitrogens with one attached hydrogen (secondary N) is 1. The van der Waals surface area contributed by atoms with E-state index >= 15 is 0 Å². The lowest BCUT2D eigenvalue weighted by Crippen LogP contribution is -2.43. The first kappa shape index (κ1) is 22.7. The molecule has 31 heavy (non-hydrogen) atoms. The van der Waals surface area contributed by atoms with Crippen molar-refractivity contribution in [3.8, 4) is 0 Å². The van der Waals surface area contributed by atoms with Gasteiger partial charge in [-0.3, -0.25) is 9.59 Å². The molecule has 0 unspecified atom stereocenters. The standard InChI is InChI=1S/C23H26FNO6/c1-12-10-16-20(21(26)17(12)22(27)30-4)19(14-6-5-7-15(24)11-14)18(13(2)25-16)23(28)31-9-8-29-3/h5-7,11-12,17,19,25H,8-10H2,1-4H3/t12-,17+,19+/m0/s1. The number of hydrogen-bond acceptors (Lipinski definition) is 7. The van der Waals surface area contributed by atoms with Crippen LogP contribution in [0, 0.1) is 17.7 Å². The molecule has 0 amide bonds. The maximum atomic E-state index is 14.1. The molecule has 0 aromatic heterocycles.